The molecule has 0 saturated carbocycles. The summed E-state index contributed by atoms with van der Waals surface area (Å²) in [6.45, 7) is 3.61. The molecule has 4 nitrogen and oxygen atoms in total. The number of nitrogens with two attached hydrogens (primary N) is 1. The molecule has 6 heteroatoms. The normalized spacial score (nSPS) is 13.3. The maximum atomic E-state index is 13.1. The standard InChI is InChI=1S/C13H20FNO3S/c1-3-19(16,17)8-4-7-18-13-9-11(14)5-6-12(13)10(2)15/h5-6,9-10H,3-4,7-8,15H2,1-2H3/t10-/m1/s1. The summed E-state index contributed by atoms with van der Waals surface area (Å²) >= 11 is 0. The van der Waals surface area contributed by atoms with Crippen molar-refractivity contribution in [2.75, 3.05) is 18.1 Å². The maximum Gasteiger partial charge on any atom is 0.150 e. The van der Waals surface area contributed by atoms with Gasteiger partial charge in [0.15, 0.2) is 0 Å². The Labute approximate surface area is 113 Å². The number of halogens is 1. The van der Waals surface area contributed by atoms with Crippen LogP contribution < -0.4 is 10.5 Å². The van der Waals surface area contributed by atoms with Crippen molar-refractivity contribution in [2.24, 2.45) is 5.73 Å². The molecule has 0 aliphatic rings. The van der Waals surface area contributed by atoms with E-state index in [4.69, 9.17) is 10.5 Å². The predicted molar refractivity (Wildman–Crippen MR) is 73.4 cm³/mol. The quantitative estimate of drug-likeness (QED) is 0.780. The fraction of sp³-hybridized carbons (Fsp3) is 0.538. The second-order valence-corrected chi connectivity index (χ2v) is 6.88. The van der Waals surface area contributed by atoms with Gasteiger partial charge in [0.25, 0.3) is 0 Å². The molecule has 2 N–H and O–H groups in total. The molecule has 0 aromatic heterocycles. The third kappa shape index (κ3) is 5.16. The molecule has 0 radical (unpaired) electrons. The number of rotatable bonds is 7. The topological polar surface area (TPSA) is 69.4 Å². The summed E-state index contributed by atoms with van der Waals surface area (Å²) in [6.07, 6.45) is 0.380. The second kappa shape index (κ2) is 6.86. The molecule has 0 bridgehead atoms. The van der Waals surface area contributed by atoms with Crippen molar-refractivity contribution >= 4 is 9.84 Å². The van der Waals surface area contributed by atoms with E-state index in [1.807, 2.05) is 0 Å². The number of hydrogen-bond acceptors (Lipinski definition) is 4. The first-order valence-corrected chi connectivity index (χ1v) is 8.06. The molecule has 1 rings (SSSR count). The van der Waals surface area contributed by atoms with Crippen LogP contribution in [0.5, 0.6) is 5.75 Å². The lowest BCUT2D eigenvalue weighted by molar-refractivity contribution is 0.311. The fourth-order valence-corrected chi connectivity index (χ4v) is 2.46. The number of hydrogen-bond donors (Lipinski definition) is 1. The molecule has 0 aliphatic heterocycles. The van der Waals surface area contributed by atoms with Gasteiger partial charge in [-0.25, -0.2) is 12.8 Å². The number of ether oxygens (including phenoxy) is 1. The molecule has 1 atom stereocenters. The van der Waals surface area contributed by atoms with Gasteiger partial charge in [-0.15, -0.1) is 0 Å². The molecule has 19 heavy (non-hydrogen) atoms. The molecule has 0 heterocycles. The second-order valence-electron chi connectivity index (χ2n) is 4.41. The molecular formula is C13H20FNO3S. The Morgan fingerprint density at radius 1 is 1.42 bits per heavy atom. The lowest BCUT2D eigenvalue weighted by Crippen LogP contribution is -2.13. The van der Waals surface area contributed by atoms with Crippen molar-refractivity contribution in [3.05, 3.63) is 29.6 Å². The van der Waals surface area contributed by atoms with E-state index < -0.39 is 15.7 Å². The highest BCUT2D eigenvalue weighted by molar-refractivity contribution is 7.91. The molecule has 0 aliphatic carbocycles. The molecule has 1 aromatic carbocycles. The van der Waals surface area contributed by atoms with Gasteiger partial charge in [-0.05, 0) is 19.4 Å². The first-order valence-electron chi connectivity index (χ1n) is 6.24. The van der Waals surface area contributed by atoms with Gasteiger partial charge in [-0.3, -0.25) is 0 Å². The maximum absolute atomic E-state index is 13.1. The molecule has 0 spiro atoms. The van der Waals surface area contributed by atoms with Gasteiger partial charge in [0, 0.05) is 23.4 Å². The van der Waals surface area contributed by atoms with E-state index in [0.29, 0.717) is 17.7 Å². The third-order valence-electron chi connectivity index (χ3n) is 2.76. The van der Waals surface area contributed by atoms with E-state index in [1.54, 1.807) is 19.9 Å². The lowest BCUT2D eigenvalue weighted by Gasteiger charge is -2.14. The zero-order valence-corrected chi connectivity index (χ0v) is 12.0. The highest BCUT2D eigenvalue weighted by Gasteiger charge is 2.11. The van der Waals surface area contributed by atoms with Crippen molar-refractivity contribution in [1.82, 2.24) is 0 Å². The number of benzene rings is 1. The van der Waals surface area contributed by atoms with Crippen molar-refractivity contribution in [1.29, 1.82) is 0 Å². The van der Waals surface area contributed by atoms with E-state index >= 15 is 0 Å². The summed E-state index contributed by atoms with van der Waals surface area (Å²) in [5.74, 6) is 0.175. The van der Waals surface area contributed by atoms with Crippen molar-refractivity contribution in [2.45, 2.75) is 26.3 Å². The van der Waals surface area contributed by atoms with Gasteiger partial charge in [0.2, 0.25) is 0 Å². The van der Waals surface area contributed by atoms with Crippen LogP contribution in [0.15, 0.2) is 18.2 Å². The van der Waals surface area contributed by atoms with Crippen LogP contribution in [0.4, 0.5) is 4.39 Å². The van der Waals surface area contributed by atoms with Gasteiger partial charge >= 0.3 is 0 Å². The zero-order valence-electron chi connectivity index (χ0n) is 11.2. The Balaban J connectivity index is 2.60. The van der Waals surface area contributed by atoms with Crippen molar-refractivity contribution in [3.63, 3.8) is 0 Å². The van der Waals surface area contributed by atoms with Crippen LogP contribution in [-0.4, -0.2) is 26.5 Å². The molecule has 0 amide bonds. The van der Waals surface area contributed by atoms with E-state index in [1.165, 1.54) is 12.1 Å². The summed E-state index contributed by atoms with van der Waals surface area (Å²) in [7, 11) is -2.99. The molecular weight excluding hydrogens is 269 g/mol. The van der Waals surface area contributed by atoms with E-state index in [2.05, 4.69) is 0 Å². The summed E-state index contributed by atoms with van der Waals surface area (Å²) in [5, 5.41) is 0. The van der Waals surface area contributed by atoms with E-state index in [-0.39, 0.29) is 24.2 Å². The number of sulfone groups is 1. The summed E-state index contributed by atoms with van der Waals surface area (Å²) < 4.78 is 41.2. The van der Waals surface area contributed by atoms with Crippen molar-refractivity contribution < 1.29 is 17.5 Å². The predicted octanol–water partition coefficient (Wildman–Crippen LogP) is 2.05. The summed E-state index contributed by atoms with van der Waals surface area (Å²) in [6, 6.07) is 3.91. The van der Waals surface area contributed by atoms with Crippen molar-refractivity contribution in [3.8, 4) is 5.75 Å². The lowest BCUT2D eigenvalue weighted by atomic mass is 10.1. The zero-order chi connectivity index (χ0) is 14.5. The fourth-order valence-electron chi connectivity index (χ4n) is 1.61. The Bertz CT molecular complexity index is 515. The van der Waals surface area contributed by atoms with Crippen LogP contribution in [0.25, 0.3) is 0 Å². The Morgan fingerprint density at radius 3 is 2.68 bits per heavy atom. The van der Waals surface area contributed by atoms with Crippen LogP contribution in [0, 0.1) is 5.82 Å². The summed E-state index contributed by atoms with van der Waals surface area (Å²) in [4.78, 5) is 0. The van der Waals surface area contributed by atoms with E-state index in [0.717, 1.165) is 0 Å². The van der Waals surface area contributed by atoms with Gasteiger partial charge in [0.1, 0.15) is 21.4 Å². The minimum Gasteiger partial charge on any atom is -0.493 e. The SMILES string of the molecule is CCS(=O)(=O)CCCOc1cc(F)ccc1[C@@H](C)N. The molecule has 0 unspecified atom stereocenters. The molecule has 1 aromatic rings. The van der Waals surface area contributed by atoms with Crippen LogP contribution in [0.3, 0.4) is 0 Å². The third-order valence-corrected chi connectivity index (χ3v) is 4.55. The van der Waals surface area contributed by atoms with E-state index in [9.17, 15) is 12.8 Å². The van der Waals surface area contributed by atoms with Crippen LogP contribution >= 0.6 is 0 Å². The van der Waals surface area contributed by atoms with Gasteiger partial charge in [-0.1, -0.05) is 13.0 Å². The highest BCUT2D eigenvalue weighted by atomic mass is 32.2. The largest absolute Gasteiger partial charge is 0.493 e. The Hall–Kier alpha value is -1.14. The Morgan fingerprint density at radius 2 is 2.11 bits per heavy atom. The Kier molecular flexibility index (Phi) is 5.75. The first kappa shape index (κ1) is 15.9. The average molecular weight is 289 g/mol. The van der Waals surface area contributed by atoms with Gasteiger partial charge < -0.3 is 10.5 Å². The smallest absolute Gasteiger partial charge is 0.150 e. The van der Waals surface area contributed by atoms with Gasteiger partial charge in [0.05, 0.1) is 12.4 Å². The van der Waals surface area contributed by atoms with Gasteiger partial charge in [-0.2, -0.15) is 0 Å². The first-order chi connectivity index (χ1) is 8.85. The highest BCUT2D eigenvalue weighted by Crippen LogP contribution is 2.24. The molecule has 0 saturated heterocycles. The minimum atomic E-state index is -2.99. The monoisotopic (exact) mass is 289 g/mol. The molecule has 0 fully saturated rings. The average Bonchev–Trinajstić information content (AvgIpc) is 2.34. The molecule has 108 valence electrons. The van der Waals surface area contributed by atoms with Crippen LogP contribution in [-0.2, 0) is 9.84 Å². The summed E-state index contributed by atoms with van der Waals surface area (Å²) in [5.41, 5.74) is 6.47. The minimum absolute atomic E-state index is 0.0757. The van der Waals surface area contributed by atoms with Crippen LogP contribution in [0.2, 0.25) is 0 Å². The van der Waals surface area contributed by atoms with Crippen LogP contribution in [0.1, 0.15) is 31.9 Å².